The van der Waals surface area contributed by atoms with Crippen molar-refractivity contribution in [3.8, 4) is 5.75 Å². The van der Waals surface area contributed by atoms with Gasteiger partial charge in [-0.3, -0.25) is 4.79 Å². The van der Waals surface area contributed by atoms with Crippen LogP contribution in [0.1, 0.15) is 4.88 Å². The minimum Gasteiger partial charge on any atom is -0.506 e. The highest BCUT2D eigenvalue weighted by molar-refractivity contribution is 7.21. The van der Waals surface area contributed by atoms with Crippen molar-refractivity contribution in [3.63, 3.8) is 0 Å². The third-order valence-corrected chi connectivity index (χ3v) is 5.15. The monoisotopic (exact) mass is 313 g/mol. The van der Waals surface area contributed by atoms with Crippen molar-refractivity contribution >= 4 is 44.5 Å². The molecule has 4 rings (SSSR count). The van der Waals surface area contributed by atoms with Gasteiger partial charge in [-0.25, -0.2) is 4.99 Å². The lowest BCUT2D eigenvalue weighted by atomic mass is 10.1. The summed E-state index contributed by atoms with van der Waals surface area (Å²) in [7, 11) is 0. The third kappa shape index (κ3) is 1.73. The summed E-state index contributed by atoms with van der Waals surface area (Å²) in [5.41, 5.74) is 0.445. The van der Waals surface area contributed by atoms with E-state index in [1.807, 2.05) is 18.2 Å². The molecule has 1 amide bonds. The maximum Gasteiger partial charge on any atom is 0.279 e. The summed E-state index contributed by atoms with van der Waals surface area (Å²) in [5, 5.41) is 13.1. The van der Waals surface area contributed by atoms with E-state index in [-0.39, 0.29) is 11.7 Å². The number of amides is 1. The highest BCUT2D eigenvalue weighted by atomic mass is 35.5. The second-order valence-corrected chi connectivity index (χ2v) is 6.13. The Hall–Kier alpha value is -2.17. The second-order valence-electron chi connectivity index (χ2n) is 4.71. The van der Waals surface area contributed by atoms with E-state index in [1.165, 1.54) is 11.3 Å². The number of rotatable bonds is 1. The van der Waals surface area contributed by atoms with Crippen LogP contribution in [0.15, 0.2) is 47.5 Å². The quantitative estimate of drug-likeness (QED) is 0.751. The van der Waals surface area contributed by atoms with Crippen LogP contribution in [0.2, 0.25) is 5.02 Å². The number of fused-ring (bicyclic) bond motifs is 2. The van der Waals surface area contributed by atoms with E-state index in [1.54, 1.807) is 24.3 Å². The molecule has 102 valence electrons. The summed E-state index contributed by atoms with van der Waals surface area (Å²) in [6.45, 7) is 0. The molecule has 1 aromatic heterocycles. The summed E-state index contributed by atoms with van der Waals surface area (Å²) in [6.07, 6.45) is 0. The van der Waals surface area contributed by atoms with Gasteiger partial charge in [0.05, 0.1) is 25.5 Å². The molecule has 5 heteroatoms. The van der Waals surface area contributed by atoms with E-state index < -0.39 is 0 Å². The molecule has 0 fully saturated rings. The van der Waals surface area contributed by atoms with Crippen molar-refractivity contribution in [2.24, 2.45) is 4.99 Å². The fraction of sp³-hybridized carbons (Fsp3) is 0. The number of nitrogens with zero attached hydrogens (tertiary/aromatic N) is 1. The number of carbonyl (C=O) groups excluding carboxylic acids is 1. The van der Waals surface area contributed by atoms with Crippen LogP contribution in [0, 0.1) is 0 Å². The number of carbonyl (C=O) groups is 1. The van der Waals surface area contributed by atoms with E-state index in [9.17, 15) is 9.90 Å². The third-order valence-electron chi connectivity index (χ3n) is 3.48. The highest BCUT2D eigenvalue weighted by Crippen LogP contribution is 2.43. The molecule has 0 bridgehead atoms. The number of thiophene rings is 1. The summed E-state index contributed by atoms with van der Waals surface area (Å²) < 4.78 is 0.774. The largest absolute Gasteiger partial charge is 0.506 e. The zero-order chi connectivity index (χ0) is 14.6. The molecule has 0 saturated carbocycles. The molecule has 0 atom stereocenters. The Balaban J connectivity index is 2.14. The van der Waals surface area contributed by atoms with Gasteiger partial charge in [0.1, 0.15) is 5.75 Å². The molecule has 1 N–H and O–H groups in total. The molecule has 0 radical (unpaired) electrons. The van der Waals surface area contributed by atoms with Crippen molar-refractivity contribution in [1.29, 1.82) is 0 Å². The summed E-state index contributed by atoms with van der Waals surface area (Å²) in [6, 6.07) is 12.6. The van der Waals surface area contributed by atoms with Gasteiger partial charge in [0.15, 0.2) is 0 Å². The van der Waals surface area contributed by atoms with Gasteiger partial charge in [-0.1, -0.05) is 35.9 Å². The second kappa shape index (κ2) is 4.41. The molecular formula is C16H8ClNO2S. The Labute approximate surface area is 128 Å². The van der Waals surface area contributed by atoms with E-state index in [0.717, 1.165) is 9.92 Å². The molecule has 0 unspecified atom stereocenters. The van der Waals surface area contributed by atoms with Crippen molar-refractivity contribution in [2.75, 3.05) is 0 Å². The van der Waals surface area contributed by atoms with Crippen LogP contribution in [-0.4, -0.2) is 11.0 Å². The average molecular weight is 314 g/mol. The van der Waals surface area contributed by atoms with Gasteiger partial charge in [0.2, 0.25) is 0 Å². The lowest BCUT2D eigenvalue weighted by molar-refractivity contribution is -0.112. The van der Waals surface area contributed by atoms with Crippen molar-refractivity contribution < 1.29 is 9.90 Å². The highest BCUT2D eigenvalue weighted by Gasteiger charge is 2.24. The molecule has 21 heavy (non-hydrogen) atoms. The fourth-order valence-electron chi connectivity index (χ4n) is 2.52. The van der Waals surface area contributed by atoms with E-state index >= 15 is 0 Å². The SMILES string of the molecule is O=C1N=c2ccccc2=C1c1sc2c(Cl)cccc2c1O. The first-order chi connectivity index (χ1) is 10.2. The Morgan fingerprint density at radius 1 is 1.10 bits per heavy atom. The van der Waals surface area contributed by atoms with Crippen molar-refractivity contribution in [1.82, 2.24) is 0 Å². The molecule has 1 aliphatic rings. The fourth-order valence-corrected chi connectivity index (χ4v) is 3.96. The van der Waals surface area contributed by atoms with Crippen molar-refractivity contribution in [2.45, 2.75) is 0 Å². The normalized spacial score (nSPS) is 13.6. The van der Waals surface area contributed by atoms with Gasteiger partial charge in [-0.2, -0.15) is 0 Å². The summed E-state index contributed by atoms with van der Waals surface area (Å²) >= 11 is 7.48. The Morgan fingerprint density at radius 2 is 1.90 bits per heavy atom. The van der Waals surface area contributed by atoms with Crippen LogP contribution in [0.3, 0.4) is 0 Å². The minimum absolute atomic E-state index is 0.0905. The predicted octanol–water partition coefficient (Wildman–Crippen LogP) is 2.62. The zero-order valence-corrected chi connectivity index (χ0v) is 12.2. The Kier molecular flexibility index (Phi) is 2.64. The van der Waals surface area contributed by atoms with E-state index in [2.05, 4.69) is 4.99 Å². The number of para-hydroxylation sites is 1. The number of hydrogen-bond donors (Lipinski definition) is 1. The molecule has 0 spiro atoms. The van der Waals surface area contributed by atoms with Gasteiger partial charge in [-0.15, -0.1) is 11.3 Å². The first-order valence-electron chi connectivity index (χ1n) is 6.29. The average Bonchev–Trinajstić information content (AvgIpc) is 2.97. The lowest BCUT2D eigenvalue weighted by Crippen LogP contribution is -2.22. The molecule has 2 aromatic carbocycles. The predicted molar refractivity (Wildman–Crippen MR) is 83.2 cm³/mol. The number of hydrogen-bond acceptors (Lipinski definition) is 3. The number of halogens is 1. The van der Waals surface area contributed by atoms with Gasteiger partial charge in [-0.05, 0) is 18.2 Å². The van der Waals surface area contributed by atoms with Crippen LogP contribution in [-0.2, 0) is 4.79 Å². The zero-order valence-electron chi connectivity index (χ0n) is 10.6. The van der Waals surface area contributed by atoms with Crippen molar-refractivity contribution in [3.05, 3.63) is 62.9 Å². The molecule has 0 aliphatic carbocycles. The summed E-state index contributed by atoms with van der Waals surface area (Å²) in [5.74, 6) is -0.234. The first-order valence-corrected chi connectivity index (χ1v) is 7.49. The lowest BCUT2D eigenvalue weighted by Gasteiger charge is -1.97. The molecule has 0 saturated heterocycles. The molecule has 2 heterocycles. The van der Waals surface area contributed by atoms with Gasteiger partial charge < -0.3 is 5.11 Å². The smallest absolute Gasteiger partial charge is 0.279 e. The van der Waals surface area contributed by atoms with Gasteiger partial charge >= 0.3 is 0 Å². The molecular weight excluding hydrogens is 306 g/mol. The van der Waals surface area contributed by atoms with Crippen LogP contribution in [0.5, 0.6) is 5.75 Å². The molecule has 1 aliphatic heterocycles. The van der Waals surface area contributed by atoms with Crippen LogP contribution in [0.25, 0.3) is 15.7 Å². The molecule has 3 aromatic rings. The minimum atomic E-state index is -0.325. The van der Waals surface area contributed by atoms with E-state index in [4.69, 9.17) is 11.6 Å². The summed E-state index contributed by atoms with van der Waals surface area (Å²) in [4.78, 5) is 16.8. The van der Waals surface area contributed by atoms with Gasteiger partial charge in [0.25, 0.3) is 5.91 Å². The molecule has 3 nitrogen and oxygen atoms in total. The Bertz CT molecular complexity index is 1040. The number of aromatic hydroxyl groups is 1. The van der Waals surface area contributed by atoms with Crippen LogP contribution >= 0.6 is 22.9 Å². The topological polar surface area (TPSA) is 49.7 Å². The van der Waals surface area contributed by atoms with Crippen LogP contribution in [0.4, 0.5) is 0 Å². The maximum absolute atomic E-state index is 12.2. The maximum atomic E-state index is 12.2. The van der Waals surface area contributed by atoms with E-state index in [0.29, 0.717) is 26.2 Å². The van der Waals surface area contributed by atoms with Gasteiger partial charge in [0, 0.05) is 10.6 Å². The standard InChI is InChI=1S/C16H8ClNO2S/c17-10-6-3-5-9-13(19)15(21-14(9)10)12-8-4-1-2-7-11(8)18-16(12)20/h1-7,19H. The Morgan fingerprint density at radius 3 is 2.71 bits per heavy atom. The first kappa shape index (κ1) is 12.6. The number of benzene rings is 2. The van der Waals surface area contributed by atoms with Crippen LogP contribution < -0.4 is 10.6 Å².